The molecular formula is C13H19ClN4S. The number of halogens is 1. The molecule has 0 radical (unpaired) electrons. The fourth-order valence-electron chi connectivity index (χ4n) is 2.46. The molecule has 0 bridgehead atoms. The third kappa shape index (κ3) is 3.36. The van der Waals surface area contributed by atoms with Gasteiger partial charge in [-0.1, -0.05) is 6.07 Å². The fourth-order valence-corrected chi connectivity index (χ4v) is 3.22. The summed E-state index contributed by atoms with van der Waals surface area (Å²) in [6.45, 7) is 6.51. The van der Waals surface area contributed by atoms with Gasteiger partial charge in [0.1, 0.15) is 0 Å². The molecule has 1 aliphatic rings. The molecule has 6 heteroatoms. The molecule has 1 fully saturated rings. The molecule has 0 aromatic carbocycles. The third-order valence-electron chi connectivity index (χ3n) is 3.33. The molecule has 19 heavy (non-hydrogen) atoms. The first kappa shape index (κ1) is 14.5. The van der Waals surface area contributed by atoms with E-state index < -0.39 is 0 Å². The Kier molecular flexibility index (Phi) is 4.99. The van der Waals surface area contributed by atoms with Gasteiger partial charge in [0.2, 0.25) is 0 Å². The maximum absolute atomic E-state index is 4.20. The third-order valence-corrected chi connectivity index (χ3v) is 4.22. The van der Waals surface area contributed by atoms with Crippen molar-refractivity contribution < 1.29 is 0 Å². The monoisotopic (exact) mass is 298 g/mol. The predicted octanol–water partition coefficient (Wildman–Crippen LogP) is 2.35. The van der Waals surface area contributed by atoms with Crippen LogP contribution in [0.15, 0.2) is 23.7 Å². The molecule has 2 aromatic rings. The van der Waals surface area contributed by atoms with Crippen molar-refractivity contribution in [3.05, 3.63) is 29.3 Å². The number of aromatic amines is 1. The van der Waals surface area contributed by atoms with Crippen molar-refractivity contribution in [1.82, 2.24) is 20.4 Å². The summed E-state index contributed by atoms with van der Waals surface area (Å²) < 4.78 is 0. The van der Waals surface area contributed by atoms with E-state index in [0.29, 0.717) is 6.04 Å². The zero-order chi connectivity index (χ0) is 12.4. The molecule has 2 aromatic heterocycles. The minimum absolute atomic E-state index is 0. The second-order valence-electron chi connectivity index (χ2n) is 4.84. The molecule has 1 aliphatic heterocycles. The minimum Gasteiger partial charge on any atom is -0.312 e. The van der Waals surface area contributed by atoms with Crippen molar-refractivity contribution in [2.24, 2.45) is 0 Å². The highest BCUT2D eigenvalue weighted by molar-refractivity contribution is 7.13. The number of piperazine rings is 1. The van der Waals surface area contributed by atoms with E-state index in [2.05, 4.69) is 44.9 Å². The molecule has 0 aliphatic carbocycles. The van der Waals surface area contributed by atoms with Crippen LogP contribution in [0, 0.1) is 0 Å². The number of hydrogen-bond acceptors (Lipinski definition) is 4. The van der Waals surface area contributed by atoms with Gasteiger partial charge in [-0.3, -0.25) is 10.00 Å². The highest BCUT2D eigenvalue weighted by Gasteiger charge is 2.18. The Balaban J connectivity index is 0.00000133. The number of rotatable bonds is 3. The van der Waals surface area contributed by atoms with Crippen LogP contribution in [0.3, 0.4) is 0 Å². The topological polar surface area (TPSA) is 44.0 Å². The summed E-state index contributed by atoms with van der Waals surface area (Å²) in [5.74, 6) is 0. The van der Waals surface area contributed by atoms with E-state index in [-0.39, 0.29) is 12.4 Å². The number of thiophene rings is 1. The number of aromatic nitrogens is 2. The van der Waals surface area contributed by atoms with Gasteiger partial charge in [0, 0.05) is 37.8 Å². The van der Waals surface area contributed by atoms with E-state index in [9.17, 15) is 0 Å². The van der Waals surface area contributed by atoms with E-state index >= 15 is 0 Å². The number of hydrogen-bond donors (Lipinski definition) is 2. The van der Waals surface area contributed by atoms with Gasteiger partial charge in [-0.05, 0) is 18.4 Å². The first-order valence-corrected chi connectivity index (χ1v) is 7.23. The van der Waals surface area contributed by atoms with Crippen LogP contribution >= 0.6 is 23.7 Å². The van der Waals surface area contributed by atoms with Crippen molar-refractivity contribution >= 4 is 23.7 Å². The summed E-state index contributed by atoms with van der Waals surface area (Å²) in [6, 6.07) is 4.80. The zero-order valence-electron chi connectivity index (χ0n) is 10.9. The van der Waals surface area contributed by atoms with Gasteiger partial charge in [-0.25, -0.2) is 0 Å². The molecular weight excluding hydrogens is 280 g/mol. The van der Waals surface area contributed by atoms with Gasteiger partial charge >= 0.3 is 0 Å². The molecule has 1 unspecified atom stereocenters. The normalized spacial score (nSPS) is 20.2. The molecule has 1 saturated heterocycles. The highest BCUT2D eigenvalue weighted by Crippen LogP contribution is 2.26. The first-order chi connectivity index (χ1) is 8.83. The highest BCUT2D eigenvalue weighted by atomic mass is 35.5. The lowest BCUT2D eigenvalue weighted by Gasteiger charge is -2.31. The molecule has 3 heterocycles. The van der Waals surface area contributed by atoms with Crippen LogP contribution in [0.4, 0.5) is 0 Å². The average molecular weight is 299 g/mol. The summed E-state index contributed by atoms with van der Waals surface area (Å²) in [6.07, 6.45) is 1.96. The molecule has 3 rings (SSSR count). The van der Waals surface area contributed by atoms with E-state index in [0.717, 1.165) is 26.2 Å². The van der Waals surface area contributed by atoms with Crippen LogP contribution in [0.25, 0.3) is 10.6 Å². The van der Waals surface area contributed by atoms with Crippen molar-refractivity contribution in [3.63, 3.8) is 0 Å². The van der Waals surface area contributed by atoms with Crippen LogP contribution in [-0.2, 0) is 6.54 Å². The Bertz CT molecular complexity index is 496. The van der Waals surface area contributed by atoms with Crippen LogP contribution in [0.1, 0.15) is 12.5 Å². The Labute approximate surface area is 123 Å². The molecule has 4 nitrogen and oxygen atoms in total. The van der Waals surface area contributed by atoms with Crippen molar-refractivity contribution in [2.45, 2.75) is 19.5 Å². The SMILES string of the molecule is CC1CN(Cc2cn[nH]c2-c2cccs2)CCN1.Cl. The Morgan fingerprint density at radius 1 is 1.53 bits per heavy atom. The van der Waals surface area contributed by atoms with E-state index in [1.165, 1.54) is 16.1 Å². The van der Waals surface area contributed by atoms with Crippen molar-refractivity contribution in [2.75, 3.05) is 19.6 Å². The Hall–Kier alpha value is -0.880. The average Bonchev–Trinajstić information content (AvgIpc) is 2.98. The molecule has 0 spiro atoms. The van der Waals surface area contributed by atoms with Gasteiger partial charge in [-0.15, -0.1) is 23.7 Å². The van der Waals surface area contributed by atoms with Gasteiger partial charge in [0.15, 0.2) is 0 Å². The number of H-pyrrole nitrogens is 1. The Morgan fingerprint density at radius 2 is 2.42 bits per heavy atom. The summed E-state index contributed by atoms with van der Waals surface area (Å²) in [4.78, 5) is 3.76. The second kappa shape index (κ2) is 6.52. The maximum atomic E-state index is 4.20. The Morgan fingerprint density at radius 3 is 3.16 bits per heavy atom. The van der Waals surface area contributed by atoms with Crippen LogP contribution in [0.5, 0.6) is 0 Å². The van der Waals surface area contributed by atoms with Crippen LogP contribution in [0.2, 0.25) is 0 Å². The van der Waals surface area contributed by atoms with E-state index in [1.807, 2.05) is 6.20 Å². The zero-order valence-corrected chi connectivity index (χ0v) is 12.6. The van der Waals surface area contributed by atoms with Crippen molar-refractivity contribution in [1.29, 1.82) is 0 Å². The first-order valence-electron chi connectivity index (χ1n) is 6.35. The lowest BCUT2D eigenvalue weighted by molar-refractivity contribution is 0.200. The summed E-state index contributed by atoms with van der Waals surface area (Å²) in [7, 11) is 0. The molecule has 1 atom stereocenters. The largest absolute Gasteiger partial charge is 0.312 e. The fraction of sp³-hybridized carbons (Fsp3) is 0.462. The molecule has 104 valence electrons. The van der Waals surface area contributed by atoms with Gasteiger partial charge in [0.25, 0.3) is 0 Å². The molecule has 0 amide bonds. The van der Waals surface area contributed by atoms with E-state index in [4.69, 9.17) is 0 Å². The lowest BCUT2D eigenvalue weighted by Crippen LogP contribution is -2.48. The quantitative estimate of drug-likeness (QED) is 0.914. The summed E-state index contributed by atoms with van der Waals surface area (Å²) in [5.41, 5.74) is 2.47. The number of nitrogens with one attached hydrogen (secondary N) is 2. The van der Waals surface area contributed by atoms with Crippen molar-refractivity contribution in [3.8, 4) is 10.6 Å². The predicted molar refractivity (Wildman–Crippen MR) is 81.9 cm³/mol. The van der Waals surface area contributed by atoms with E-state index in [1.54, 1.807) is 11.3 Å². The summed E-state index contributed by atoms with van der Waals surface area (Å²) in [5, 5.41) is 12.9. The van der Waals surface area contributed by atoms with Gasteiger partial charge in [-0.2, -0.15) is 5.10 Å². The smallest absolute Gasteiger partial charge is 0.0794 e. The van der Waals surface area contributed by atoms with Crippen LogP contribution < -0.4 is 5.32 Å². The second-order valence-corrected chi connectivity index (χ2v) is 5.79. The van der Waals surface area contributed by atoms with Crippen LogP contribution in [-0.4, -0.2) is 40.8 Å². The number of nitrogens with zero attached hydrogens (tertiary/aromatic N) is 2. The standard InChI is InChI=1S/C13H18N4S.ClH/c1-10-8-17(5-4-14-10)9-11-7-15-16-13(11)12-3-2-6-18-12;/h2-3,6-7,10,14H,4-5,8-9H2,1H3,(H,15,16);1H. The maximum Gasteiger partial charge on any atom is 0.0794 e. The molecule has 0 saturated carbocycles. The van der Waals surface area contributed by atoms with Gasteiger partial charge in [0.05, 0.1) is 16.8 Å². The lowest BCUT2D eigenvalue weighted by atomic mass is 10.1. The molecule has 2 N–H and O–H groups in total. The minimum atomic E-state index is 0. The summed E-state index contributed by atoms with van der Waals surface area (Å²) >= 11 is 1.76. The van der Waals surface area contributed by atoms with Gasteiger partial charge < -0.3 is 5.32 Å².